The molecule has 1 heterocycles. The predicted molar refractivity (Wildman–Crippen MR) is 63.2 cm³/mol. The van der Waals surface area contributed by atoms with Crippen LogP contribution >= 0.6 is 0 Å². The van der Waals surface area contributed by atoms with Crippen molar-refractivity contribution in [2.24, 2.45) is 0 Å². The molecule has 0 bridgehead atoms. The number of carboxylic acid groups (broad SMARTS) is 1. The van der Waals surface area contributed by atoms with Gasteiger partial charge in [-0.15, -0.1) is 0 Å². The highest BCUT2D eigenvalue weighted by Gasteiger charge is 2.15. The van der Waals surface area contributed by atoms with E-state index >= 15 is 0 Å². The number of carbonyl (C=O) groups is 2. The first-order chi connectivity index (χ1) is 9.49. The summed E-state index contributed by atoms with van der Waals surface area (Å²) in [6.07, 6.45) is 0. The van der Waals surface area contributed by atoms with Crippen LogP contribution in [0.1, 0.15) is 26.7 Å². The predicted octanol–water partition coefficient (Wildman–Crippen LogP) is 2.19. The van der Waals surface area contributed by atoms with Crippen LogP contribution in [0.4, 0.5) is 8.78 Å². The van der Waals surface area contributed by atoms with Gasteiger partial charge in [0.05, 0.1) is 12.1 Å². The number of halogens is 2. The second-order valence-corrected chi connectivity index (χ2v) is 3.86. The molecule has 2 aromatic rings. The standard InChI is InChI=1S/C13H9F2NO4/c14-9-3-1-2-8(11(9)15)12(17)16-6-7-4-5-10(20-7)13(18)19/h1-5H,6H2,(H,16,17)(H,18,19). The van der Waals surface area contributed by atoms with Gasteiger partial charge in [0.1, 0.15) is 5.76 Å². The third kappa shape index (κ3) is 2.82. The quantitative estimate of drug-likeness (QED) is 0.900. The van der Waals surface area contributed by atoms with Crippen LogP contribution in [-0.4, -0.2) is 17.0 Å². The number of aromatic carboxylic acids is 1. The maximum atomic E-state index is 13.4. The number of rotatable bonds is 4. The molecule has 0 aliphatic heterocycles. The highest BCUT2D eigenvalue weighted by atomic mass is 19.2. The molecule has 2 N–H and O–H groups in total. The molecule has 0 saturated carbocycles. The largest absolute Gasteiger partial charge is 0.475 e. The van der Waals surface area contributed by atoms with Gasteiger partial charge in [-0.2, -0.15) is 0 Å². The normalized spacial score (nSPS) is 10.3. The van der Waals surface area contributed by atoms with E-state index in [2.05, 4.69) is 5.32 Å². The first kappa shape index (κ1) is 13.7. The Balaban J connectivity index is 2.05. The van der Waals surface area contributed by atoms with Gasteiger partial charge in [-0.25, -0.2) is 13.6 Å². The third-order valence-corrected chi connectivity index (χ3v) is 2.49. The van der Waals surface area contributed by atoms with Gasteiger partial charge >= 0.3 is 5.97 Å². The zero-order valence-corrected chi connectivity index (χ0v) is 10.0. The number of nitrogens with one attached hydrogen (secondary N) is 1. The second-order valence-electron chi connectivity index (χ2n) is 3.86. The molecule has 5 nitrogen and oxygen atoms in total. The van der Waals surface area contributed by atoms with E-state index in [1.165, 1.54) is 18.2 Å². The van der Waals surface area contributed by atoms with E-state index < -0.39 is 29.1 Å². The van der Waals surface area contributed by atoms with Crippen LogP contribution in [0.15, 0.2) is 34.7 Å². The molecule has 7 heteroatoms. The molecule has 0 fully saturated rings. The Labute approximate surface area is 111 Å². The number of hydrogen-bond acceptors (Lipinski definition) is 3. The Kier molecular flexibility index (Phi) is 3.79. The van der Waals surface area contributed by atoms with Crippen LogP contribution in [-0.2, 0) is 6.54 Å². The van der Waals surface area contributed by atoms with E-state index in [-0.39, 0.29) is 18.1 Å². The molecular formula is C13H9F2NO4. The minimum absolute atomic E-state index is 0.137. The van der Waals surface area contributed by atoms with Crippen LogP contribution in [0.25, 0.3) is 0 Å². The van der Waals surface area contributed by atoms with Crippen LogP contribution in [0, 0.1) is 11.6 Å². The van der Waals surface area contributed by atoms with Crippen molar-refractivity contribution in [3.05, 3.63) is 59.1 Å². The van der Waals surface area contributed by atoms with Gasteiger partial charge in [0.2, 0.25) is 5.76 Å². The lowest BCUT2D eigenvalue weighted by molar-refractivity contribution is 0.0660. The number of benzene rings is 1. The molecule has 20 heavy (non-hydrogen) atoms. The van der Waals surface area contributed by atoms with Crippen LogP contribution < -0.4 is 5.32 Å². The summed E-state index contributed by atoms with van der Waals surface area (Å²) in [6, 6.07) is 5.84. The van der Waals surface area contributed by atoms with Crippen molar-refractivity contribution in [2.75, 3.05) is 0 Å². The summed E-state index contributed by atoms with van der Waals surface area (Å²) in [5.41, 5.74) is -0.435. The van der Waals surface area contributed by atoms with Crippen molar-refractivity contribution >= 4 is 11.9 Å². The van der Waals surface area contributed by atoms with Gasteiger partial charge in [0.25, 0.3) is 5.91 Å². The Morgan fingerprint density at radius 1 is 1.20 bits per heavy atom. The fraction of sp³-hybridized carbons (Fsp3) is 0.0769. The molecule has 104 valence electrons. The number of carbonyl (C=O) groups excluding carboxylic acids is 1. The van der Waals surface area contributed by atoms with Gasteiger partial charge in [0.15, 0.2) is 11.6 Å². The van der Waals surface area contributed by atoms with E-state index in [4.69, 9.17) is 9.52 Å². The monoisotopic (exact) mass is 281 g/mol. The fourth-order valence-corrected chi connectivity index (χ4v) is 1.53. The summed E-state index contributed by atoms with van der Waals surface area (Å²) in [7, 11) is 0. The minimum Gasteiger partial charge on any atom is -0.475 e. The van der Waals surface area contributed by atoms with E-state index in [1.807, 2.05) is 0 Å². The molecule has 1 aromatic carbocycles. The molecule has 0 unspecified atom stereocenters. The zero-order chi connectivity index (χ0) is 14.7. The number of furan rings is 1. The smallest absolute Gasteiger partial charge is 0.371 e. The van der Waals surface area contributed by atoms with Gasteiger partial charge < -0.3 is 14.8 Å². The molecule has 0 atom stereocenters. The second kappa shape index (κ2) is 5.52. The van der Waals surface area contributed by atoms with Gasteiger partial charge in [0, 0.05) is 0 Å². The topological polar surface area (TPSA) is 79.5 Å². The van der Waals surface area contributed by atoms with E-state index in [1.54, 1.807) is 0 Å². The number of carboxylic acids is 1. The highest BCUT2D eigenvalue weighted by Crippen LogP contribution is 2.12. The molecular weight excluding hydrogens is 272 g/mol. The van der Waals surface area contributed by atoms with Crippen molar-refractivity contribution in [1.82, 2.24) is 5.32 Å². The van der Waals surface area contributed by atoms with Gasteiger partial charge in [-0.3, -0.25) is 4.79 Å². The van der Waals surface area contributed by atoms with Crippen molar-refractivity contribution in [3.63, 3.8) is 0 Å². The van der Waals surface area contributed by atoms with Crippen LogP contribution in [0.5, 0.6) is 0 Å². The average molecular weight is 281 g/mol. The molecule has 0 radical (unpaired) electrons. The zero-order valence-electron chi connectivity index (χ0n) is 10.0. The van der Waals surface area contributed by atoms with Crippen molar-refractivity contribution < 1.29 is 27.9 Å². The third-order valence-electron chi connectivity index (χ3n) is 2.49. The molecule has 0 aliphatic carbocycles. The fourth-order valence-electron chi connectivity index (χ4n) is 1.53. The summed E-state index contributed by atoms with van der Waals surface area (Å²) in [5.74, 6) is -4.51. The van der Waals surface area contributed by atoms with Crippen LogP contribution in [0.2, 0.25) is 0 Å². The molecule has 0 aliphatic rings. The number of hydrogen-bond donors (Lipinski definition) is 2. The molecule has 1 aromatic heterocycles. The van der Waals surface area contributed by atoms with Gasteiger partial charge in [-0.1, -0.05) is 6.07 Å². The summed E-state index contributed by atoms with van der Waals surface area (Å²) >= 11 is 0. The Morgan fingerprint density at radius 3 is 2.60 bits per heavy atom. The van der Waals surface area contributed by atoms with Crippen molar-refractivity contribution in [3.8, 4) is 0 Å². The first-order valence-corrected chi connectivity index (χ1v) is 5.53. The summed E-state index contributed by atoms with van der Waals surface area (Å²) in [4.78, 5) is 22.2. The Bertz CT molecular complexity index is 666. The van der Waals surface area contributed by atoms with E-state index in [0.29, 0.717) is 0 Å². The molecule has 0 spiro atoms. The summed E-state index contributed by atoms with van der Waals surface area (Å²) in [5, 5.41) is 11.0. The van der Waals surface area contributed by atoms with Crippen LogP contribution in [0.3, 0.4) is 0 Å². The Morgan fingerprint density at radius 2 is 1.95 bits per heavy atom. The Hall–Kier alpha value is -2.70. The van der Waals surface area contributed by atoms with E-state index in [9.17, 15) is 18.4 Å². The van der Waals surface area contributed by atoms with E-state index in [0.717, 1.165) is 12.1 Å². The lowest BCUT2D eigenvalue weighted by Crippen LogP contribution is -2.24. The molecule has 1 amide bonds. The lowest BCUT2D eigenvalue weighted by Gasteiger charge is -2.04. The highest BCUT2D eigenvalue weighted by molar-refractivity contribution is 5.94. The van der Waals surface area contributed by atoms with Crippen molar-refractivity contribution in [2.45, 2.75) is 6.54 Å². The average Bonchev–Trinajstić information content (AvgIpc) is 2.88. The maximum Gasteiger partial charge on any atom is 0.371 e. The summed E-state index contributed by atoms with van der Waals surface area (Å²) in [6.45, 7) is -0.137. The molecule has 0 saturated heterocycles. The lowest BCUT2D eigenvalue weighted by atomic mass is 10.2. The summed E-state index contributed by atoms with van der Waals surface area (Å²) < 4.78 is 31.2. The van der Waals surface area contributed by atoms with Crippen molar-refractivity contribution in [1.29, 1.82) is 0 Å². The first-order valence-electron chi connectivity index (χ1n) is 5.53. The molecule has 2 rings (SSSR count). The minimum atomic E-state index is -1.24. The SMILES string of the molecule is O=C(O)c1ccc(CNC(=O)c2cccc(F)c2F)o1. The number of amides is 1. The maximum absolute atomic E-state index is 13.4. The van der Waals surface area contributed by atoms with Gasteiger partial charge in [-0.05, 0) is 24.3 Å².